The molecule has 1 fully saturated rings. The Labute approximate surface area is 222 Å². The maximum atomic E-state index is 13.1. The third-order valence-electron chi connectivity index (χ3n) is 5.56. The van der Waals surface area contributed by atoms with E-state index in [0.29, 0.717) is 24.1 Å². The smallest absolute Gasteiger partial charge is 0.417 e. The second-order valence-electron chi connectivity index (χ2n) is 8.07. The van der Waals surface area contributed by atoms with E-state index < -0.39 is 24.8 Å². The lowest BCUT2D eigenvalue weighted by Gasteiger charge is -2.33. The Morgan fingerprint density at radius 2 is 1.94 bits per heavy atom. The van der Waals surface area contributed by atoms with E-state index in [1.807, 2.05) is 0 Å². The number of halogens is 6. The second-order valence-corrected chi connectivity index (χ2v) is 9.29. The predicted molar refractivity (Wildman–Crippen MR) is 129 cm³/mol. The lowest BCUT2D eigenvalue weighted by Crippen LogP contribution is -2.37. The number of nitrogens with zero attached hydrogens (tertiary/aromatic N) is 5. The van der Waals surface area contributed by atoms with Crippen LogP contribution in [-0.4, -0.2) is 44.0 Å². The number of pyridine rings is 1. The lowest BCUT2D eigenvalue weighted by molar-refractivity contribution is -0.137. The minimum absolute atomic E-state index is 0.0464. The van der Waals surface area contributed by atoms with Crippen molar-refractivity contribution in [3.8, 4) is 28.7 Å². The van der Waals surface area contributed by atoms with Gasteiger partial charge in [-0.1, -0.05) is 46.5 Å². The first-order chi connectivity index (χ1) is 18.2. The summed E-state index contributed by atoms with van der Waals surface area (Å²) in [6.45, 7) is 1.58. The molecule has 0 amide bonds. The maximum absolute atomic E-state index is 13.1. The number of likely N-dealkylation sites (N-methyl/N-ethyl adjacent to an activating group) is 1. The number of piperidine rings is 1. The first-order valence-electron chi connectivity index (χ1n) is 11.9. The Bertz CT molecular complexity index is 1590. The Hall–Kier alpha value is -2.95. The average molecular weight is 562 g/mol. The fraction of sp³-hybridized carbons (Fsp3) is 0.261. The Morgan fingerprint density at radius 3 is 2.69 bits per heavy atom. The molecule has 5 rings (SSSR count). The number of fused-ring (bicyclic) bond motifs is 1. The molecule has 3 aromatic heterocycles. The van der Waals surface area contributed by atoms with E-state index in [2.05, 4.69) is 21.7 Å². The summed E-state index contributed by atoms with van der Waals surface area (Å²) in [5, 5.41) is 4.03. The molecule has 1 aliphatic rings. The number of rotatable bonds is 4. The van der Waals surface area contributed by atoms with Crippen LogP contribution in [0.1, 0.15) is 22.5 Å². The van der Waals surface area contributed by atoms with E-state index in [9.17, 15) is 13.2 Å². The van der Waals surface area contributed by atoms with Gasteiger partial charge in [-0.3, -0.25) is 0 Å². The van der Waals surface area contributed by atoms with E-state index in [1.165, 1.54) is 23.2 Å². The topological polar surface area (TPSA) is 68.7 Å². The van der Waals surface area contributed by atoms with Crippen LogP contribution >= 0.6 is 34.8 Å². The van der Waals surface area contributed by atoms with Crippen LogP contribution in [-0.2, 0) is 6.18 Å². The number of alkyl halides is 3. The summed E-state index contributed by atoms with van der Waals surface area (Å²) in [4.78, 5) is 9.68. The molecule has 0 aliphatic carbocycles. The van der Waals surface area contributed by atoms with Crippen LogP contribution in [0.3, 0.4) is 0 Å². The van der Waals surface area contributed by atoms with Gasteiger partial charge in [0.1, 0.15) is 17.5 Å². The molecular formula is C23H17Cl3F3N5O2. The van der Waals surface area contributed by atoms with Crippen molar-refractivity contribution in [1.82, 2.24) is 24.4 Å². The highest BCUT2D eigenvalue weighted by Gasteiger charge is 2.32. The number of imidazole rings is 1. The summed E-state index contributed by atoms with van der Waals surface area (Å²) in [5.41, 5.74) is 0.0329. The molecule has 4 aromatic rings. The maximum Gasteiger partial charge on any atom is 0.417 e. The fourth-order valence-electron chi connectivity index (χ4n) is 3.70. The number of hydrogen-bond acceptors (Lipinski definition) is 6. The van der Waals surface area contributed by atoms with Crippen LogP contribution in [0.25, 0.3) is 28.6 Å². The Kier molecular flexibility index (Phi) is 5.39. The minimum atomic E-state index is -4.59. The molecule has 0 spiro atoms. The Balaban J connectivity index is 1.39. The standard InChI is InChI=1S/C23H17Cl3F3N5O2/c1-11-3-4-13(9-33(11)2)35-19-7-15(24)14(6-16(19)25)20-31-22(36-32-20)18-10-34-8-12(23(27,28)29)5-17(26)21(34)30-18/h5-8,10,13H,1,3-4,9H2,2H3/i2D3. The molecular weight excluding hydrogens is 542 g/mol. The third-order valence-corrected chi connectivity index (χ3v) is 6.44. The minimum Gasteiger partial charge on any atom is -0.487 e. The van der Waals surface area contributed by atoms with Crippen molar-refractivity contribution >= 4 is 40.4 Å². The van der Waals surface area contributed by atoms with Gasteiger partial charge in [-0.05, 0) is 25.0 Å². The van der Waals surface area contributed by atoms with Gasteiger partial charge >= 0.3 is 6.18 Å². The SMILES string of the molecule is [2H]C([2H])([2H])N1CC(Oc2cc(Cl)c(-c3noc(-c4cn5cc(C(F)(F)F)cc(Cl)c5n4)n3)cc2Cl)CCC1=C. The zero-order valence-corrected chi connectivity index (χ0v) is 20.4. The van der Waals surface area contributed by atoms with E-state index in [4.69, 9.17) is 48.2 Å². The van der Waals surface area contributed by atoms with Crippen molar-refractivity contribution in [1.29, 1.82) is 0 Å². The summed E-state index contributed by atoms with van der Waals surface area (Å²) in [6, 6.07) is 3.71. The first kappa shape index (κ1) is 21.2. The highest BCUT2D eigenvalue weighted by atomic mass is 35.5. The van der Waals surface area contributed by atoms with Gasteiger partial charge in [0.2, 0.25) is 5.82 Å². The first-order valence-corrected chi connectivity index (χ1v) is 11.5. The van der Waals surface area contributed by atoms with Crippen LogP contribution in [0.5, 0.6) is 5.75 Å². The number of benzene rings is 1. The zero-order chi connectivity index (χ0) is 28.3. The van der Waals surface area contributed by atoms with E-state index in [-0.39, 0.29) is 50.4 Å². The van der Waals surface area contributed by atoms with Crippen LogP contribution in [0.2, 0.25) is 15.1 Å². The van der Waals surface area contributed by atoms with Crippen molar-refractivity contribution in [2.24, 2.45) is 0 Å². The molecule has 1 atom stereocenters. The van der Waals surface area contributed by atoms with Crippen LogP contribution in [0, 0.1) is 0 Å². The molecule has 0 N–H and O–H groups in total. The van der Waals surface area contributed by atoms with Gasteiger partial charge in [-0.15, -0.1) is 0 Å². The lowest BCUT2D eigenvalue weighted by atomic mass is 10.1. The summed E-state index contributed by atoms with van der Waals surface area (Å²) < 4.78 is 74.8. The fourth-order valence-corrected chi connectivity index (χ4v) is 4.41. The average Bonchev–Trinajstić information content (AvgIpc) is 3.49. The molecule has 188 valence electrons. The van der Waals surface area contributed by atoms with Gasteiger partial charge in [0.15, 0.2) is 5.65 Å². The molecule has 13 heteroatoms. The Morgan fingerprint density at radius 1 is 1.14 bits per heavy atom. The molecule has 36 heavy (non-hydrogen) atoms. The molecule has 7 nitrogen and oxygen atoms in total. The largest absolute Gasteiger partial charge is 0.487 e. The number of aromatic nitrogens is 4. The van der Waals surface area contributed by atoms with Crippen LogP contribution in [0.4, 0.5) is 13.2 Å². The summed E-state index contributed by atoms with van der Waals surface area (Å²) in [5.74, 6) is 0.204. The monoisotopic (exact) mass is 560 g/mol. The molecule has 1 aromatic carbocycles. The summed E-state index contributed by atoms with van der Waals surface area (Å²) in [7, 11) is 0. The molecule has 0 saturated carbocycles. The number of hydrogen-bond donors (Lipinski definition) is 0. The number of allylic oxidation sites excluding steroid dienone is 1. The van der Waals surface area contributed by atoms with Crippen molar-refractivity contribution in [2.45, 2.75) is 25.1 Å². The van der Waals surface area contributed by atoms with Gasteiger partial charge < -0.3 is 18.6 Å². The van der Waals surface area contributed by atoms with Crippen molar-refractivity contribution < 1.29 is 26.5 Å². The van der Waals surface area contributed by atoms with E-state index in [1.54, 1.807) is 0 Å². The quantitative estimate of drug-likeness (QED) is 0.267. The number of ether oxygens (including phenoxy) is 1. The molecule has 0 radical (unpaired) electrons. The van der Waals surface area contributed by atoms with E-state index >= 15 is 0 Å². The highest BCUT2D eigenvalue weighted by molar-refractivity contribution is 6.36. The van der Waals surface area contributed by atoms with Crippen LogP contribution < -0.4 is 4.74 Å². The molecule has 1 aliphatic heterocycles. The molecule has 1 saturated heterocycles. The van der Waals surface area contributed by atoms with E-state index in [0.717, 1.165) is 16.7 Å². The van der Waals surface area contributed by atoms with Crippen molar-refractivity contribution in [2.75, 3.05) is 13.5 Å². The zero-order valence-electron chi connectivity index (χ0n) is 21.1. The predicted octanol–water partition coefficient (Wildman–Crippen LogP) is 7.02. The third kappa shape index (κ3) is 4.72. The molecule has 1 unspecified atom stereocenters. The molecule has 4 heterocycles. The second kappa shape index (κ2) is 9.17. The van der Waals surface area contributed by atoms with Gasteiger partial charge in [-0.25, -0.2) is 4.98 Å². The van der Waals surface area contributed by atoms with Gasteiger partial charge in [0.05, 0.1) is 27.2 Å². The van der Waals surface area contributed by atoms with Gasteiger partial charge in [0.25, 0.3) is 5.89 Å². The van der Waals surface area contributed by atoms with Crippen LogP contribution in [0.15, 0.2) is 47.4 Å². The van der Waals surface area contributed by atoms with Crippen molar-refractivity contribution in [3.05, 3.63) is 63.5 Å². The van der Waals surface area contributed by atoms with Gasteiger partial charge in [-0.2, -0.15) is 18.2 Å². The summed E-state index contributed by atoms with van der Waals surface area (Å²) in [6.07, 6.45) is -1.93. The normalized spacial score (nSPS) is 18.3. The summed E-state index contributed by atoms with van der Waals surface area (Å²) >= 11 is 18.9. The van der Waals surface area contributed by atoms with Gasteiger partial charge in [0, 0.05) is 40.8 Å². The highest BCUT2D eigenvalue weighted by Crippen LogP contribution is 2.38. The number of likely N-dealkylation sites (tertiary alicyclic amines) is 1. The molecule has 0 bridgehead atoms. The van der Waals surface area contributed by atoms with Crippen molar-refractivity contribution in [3.63, 3.8) is 0 Å².